The molecule has 1 aliphatic carbocycles. The Morgan fingerprint density at radius 1 is 1.12 bits per heavy atom. The molecule has 1 unspecified atom stereocenters. The number of carbonyl (C=O) groups is 1. The van der Waals surface area contributed by atoms with Crippen LogP contribution in [0.15, 0.2) is 30.3 Å². The zero-order valence-corrected chi connectivity index (χ0v) is 20.4. The summed E-state index contributed by atoms with van der Waals surface area (Å²) < 4.78 is 13.3. The van der Waals surface area contributed by atoms with Crippen molar-refractivity contribution in [3.8, 4) is 0 Å². The predicted octanol–water partition coefficient (Wildman–Crippen LogP) is 2.96. The topological polar surface area (TPSA) is 68.6 Å². The van der Waals surface area contributed by atoms with Gasteiger partial charge in [-0.2, -0.15) is 5.10 Å². The number of amides is 1. The Labute approximate surface area is 202 Å². The average molecular weight is 467 g/mol. The molecular weight excluding hydrogens is 428 g/mol. The summed E-state index contributed by atoms with van der Waals surface area (Å²) in [5.41, 5.74) is 4.61. The Bertz CT molecular complexity index is 962. The van der Waals surface area contributed by atoms with E-state index in [0.29, 0.717) is 38.0 Å². The third-order valence-corrected chi connectivity index (χ3v) is 7.85. The molecule has 1 aromatic heterocycles. The van der Waals surface area contributed by atoms with Crippen LogP contribution in [0.4, 0.5) is 0 Å². The molecule has 184 valence electrons. The highest BCUT2D eigenvalue weighted by Gasteiger charge is 2.36. The van der Waals surface area contributed by atoms with Gasteiger partial charge < -0.3 is 19.7 Å². The van der Waals surface area contributed by atoms with Crippen LogP contribution in [-0.2, 0) is 34.3 Å². The molecule has 7 nitrogen and oxygen atoms in total. The number of nitrogens with one attached hydrogen (secondary N) is 1. The zero-order valence-electron chi connectivity index (χ0n) is 20.4. The van der Waals surface area contributed by atoms with Gasteiger partial charge in [-0.25, -0.2) is 0 Å². The number of carbonyl (C=O) groups excluding carboxylic acids is 1. The molecule has 0 saturated carbocycles. The van der Waals surface area contributed by atoms with Crippen LogP contribution >= 0.6 is 0 Å². The van der Waals surface area contributed by atoms with E-state index in [1.165, 1.54) is 11.3 Å². The van der Waals surface area contributed by atoms with Gasteiger partial charge in [0.2, 0.25) is 0 Å². The summed E-state index contributed by atoms with van der Waals surface area (Å²) in [6.07, 6.45) is 6.01. The molecule has 1 N–H and O–H groups in total. The second kappa shape index (κ2) is 10.6. The standard InChI is InChI=1S/C27H38N4O3/c1-2-12-31-24-9-8-22(19-23(24)25(29-31)26(32)30-13-17-34-18-14-30)28-20-27(10-15-33-16-11-27)21-6-4-3-5-7-21/h3-7,22,28H,2,8-20H2,1H3. The highest BCUT2D eigenvalue weighted by molar-refractivity contribution is 5.94. The molecule has 2 saturated heterocycles. The number of ether oxygens (including phenoxy) is 2. The molecule has 3 heterocycles. The molecular formula is C27H38N4O3. The molecule has 7 heteroatoms. The molecule has 0 spiro atoms. The predicted molar refractivity (Wildman–Crippen MR) is 131 cm³/mol. The fourth-order valence-corrected chi connectivity index (χ4v) is 5.81. The van der Waals surface area contributed by atoms with Crippen LogP contribution in [0.3, 0.4) is 0 Å². The van der Waals surface area contributed by atoms with E-state index in [9.17, 15) is 4.79 Å². The van der Waals surface area contributed by atoms with E-state index in [4.69, 9.17) is 14.6 Å². The second-order valence-corrected chi connectivity index (χ2v) is 9.98. The average Bonchev–Trinajstić information content (AvgIpc) is 3.26. The third-order valence-electron chi connectivity index (χ3n) is 7.85. The molecule has 34 heavy (non-hydrogen) atoms. The van der Waals surface area contributed by atoms with E-state index < -0.39 is 0 Å². The normalized spacial score (nSPS) is 22.4. The number of hydrogen-bond acceptors (Lipinski definition) is 5. The van der Waals surface area contributed by atoms with Crippen molar-refractivity contribution < 1.29 is 14.3 Å². The molecule has 2 aromatic rings. The van der Waals surface area contributed by atoms with E-state index in [1.807, 2.05) is 4.90 Å². The van der Waals surface area contributed by atoms with Crippen LogP contribution in [0.1, 0.15) is 59.9 Å². The van der Waals surface area contributed by atoms with Gasteiger partial charge in [-0.3, -0.25) is 9.48 Å². The van der Waals surface area contributed by atoms with Gasteiger partial charge in [-0.15, -0.1) is 0 Å². The number of morpholine rings is 1. The van der Waals surface area contributed by atoms with Gasteiger partial charge in [0.25, 0.3) is 5.91 Å². The molecule has 0 bridgehead atoms. The number of hydrogen-bond donors (Lipinski definition) is 1. The lowest BCUT2D eigenvalue weighted by atomic mass is 9.73. The number of benzene rings is 1. The maximum Gasteiger partial charge on any atom is 0.274 e. The van der Waals surface area contributed by atoms with E-state index in [-0.39, 0.29) is 11.3 Å². The molecule has 2 aliphatic heterocycles. The third kappa shape index (κ3) is 4.79. The van der Waals surface area contributed by atoms with Crippen LogP contribution in [0.5, 0.6) is 0 Å². The van der Waals surface area contributed by atoms with Crippen LogP contribution in [0.25, 0.3) is 0 Å². The minimum atomic E-state index is 0.0697. The van der Waals surface area contributed by atoms with Crippen LogP contribution in [0.2, 0.25) is 0 Å². The van der Waals surface area contributed by atoms with E-state index in [1.54, 1.807) is 0 Å². The molecule has 2 fully saturated rings. The quantitative estimate of drug-likeness (QED) is 0.680. The number of fused-ring (bicyclic) bond motifs is 1. The van der Waals surface area contributed by atoms with Gasteiger partial charge in [0.15, 0.2) is 5.69 Å². The first kappa shape index (κ1) is 23.5. The van der Waals surface area contributed by atoms with E-state index in [2.05, 4.69) is 47.3 Å². The summed E-state index contributed by atoms with van der Waals surface area (Å²) in [6.45, 7) is 8.12. The molecule has 1 atom stereocenters. The largest absolute Gasteiger partial charge is 0.381 e. The Balaban J connectivity index is 1.34. The van der Waals surface area contributed by atoms with E-state index in [0.717, 1.165) is 70.4 Å². The van der Waals surface area contributed by atoms with Gasteiger partial charge in [0.05, 0.1) is 13.2 Å². The molecule has 3 aliphatic rings. The van der Waals surface area contributed by atoms with Gasteiger partial charge in [0, 0.05) is 62.1 Å². The van der Waals surface area contributed by atoms with Crippen molar-refractivity contribution in [2.75, 3.05) is 46.1 Å². The first-order chi connectivity index (χ1) is 16.7. The summed E-state index contributed by atoms with van der Waals surface area (Å²) in [5.74, 6) is 0.0697. The lowest BCUT2D eigenvalue weighted by molar-refractivity contribution is 0.0297. The number of aryl methyl sites for hydroxylation is 1. The minimum absolute atomic E-state index is 0.0697. The SMILES string of the molecule is CCCn1nc(C(=O)N2CCOCC2)c2c1CCC(NCC1(c3ccccc3)CCOCC1)C2. The zero-order chi connectivity index (χ0) is 23.4. The molecule has 0 radical (unpaired) electrons. The van der Waals surface area contributed by atoms with Crippen molar-refractivity contribution in [3.63, 3.8) is 0 Å². The molecule has 1 aromatic carbocycles. The first-order valence-electron chi connectivity index (χ1n) is 13.0. The fourth-order valence-electron chi connectivity index (χ4n) is 5.81. The minimum Gasteiger partial charge on any atom is -0.381 e. The summed E-state index contributed by atoms with van der Waals surface area (Å²) in [4.78, 5) is 15.3. The van der Waals surface area contributed by atoms with Crippen molar-refractivity contribution >= 4 is 5.91 Å². The van der Waals surface area contributed by atoms with Crippen molar-refractivity contribution in [2.45, 2.75) is 63.5 Å². The summed E-state index contributed by atoms with van der Waals surface area (Å²) in [6, 6.07) is 11.3. The maximum atomic E-state index is 13.4. The highest BCUT2D eigenvalue weighted by atomic mass is 16.5. The second-order valence-electron chi connectivity index (χ2n) is 9.98. The van der Waals surface area contributed by atoms with Gasteiger partial charge in [0.1, 0.15) is 0 Å². The summed E-state index contributed by atoms with van der Waals surface area (Å²) in [7, 11) is 0. The fraction of sp³-hybridized carbons (Fsp3) is 0.630. The maximum absolute atomic E-state index is 13.4. The Kier molecular flexibility index (Phi) is 7.32. The van der Waals surface area contributed by atoms with Gasteiger partial charge >= 0.3 is 0 Å². The van der Waals surface area contributed by atoms with Gasteiger partial charge in [-0.05, 0) is 44.1 Å². The van der Waals surface area contributed by atoms with Crippen LogP contribution in [0, 0.1) is 0 Å². The Morgan fingerprint density at radius 3 is 2.59 bits per heavy atom. The molecule has 1 amide bonds. The first-order valence-corrected chi connectivity index (χ1v) is 13.0. The number of aromatic nitrogens is 2. The summed E-state index contributed by atoms with van der Waals surface area (Å²) >= 11 is 0. The van der Waals surface area contributed by atoms with Gasteiger partial charge in [-0.1, -0.05) is 37.3 Å². The monoisotopic (exact) mass is 466 g/mol. The Morgan fingerprint density at radius 2 is 1.85 bits per heavy atom. The summed E-state index contributed by atoms with van der Waals surface area (Å²) in [5, 5.41) is 8.76. The van der Waals surface area contributed by atoms with Crippen molar-refractivity contribution in [1.82, 2.24) is 20.0 Å². The number of rotatable bonds is 7. The van der Waals surface area contributed by atoms with Crippen LogP contribution in [-0.4, -0.2) is 72.7 Å². The van der Waals surface area contributed by atoms with Crippen LogP contribution < -0.4 is 5.32 Å². The number of nitrogens with zero attached hydrogens (tertiary/aromatic N) is 3. The molecule has 5 rings (SSSR count). The van der Waals surface area contributed by atoms with E-state index >= 15 is 0 Å². The van der Waals surface area contributed by atoms with Crippen molar-refractivity contribution in [1.29, 1.82) is 0 Å². The lowest BCUT2D eigenvalue weighted by Gasteiger charge is -2.39. The highest BCUT2D eigenvalue weighted by Crippen LogP contribution is 2.35. The van der Waals surface area contributed by atoms with Crippen molar-refractivity contribution in [3.05, 3.63) is 52.8 Å². The smallest absolute Gasteiger partial charge is 0.274 e. The lowest BCUT2D eigenvalue weighted by Crippen LogP contribution is -2.47. The Hall–Kier alpha value is -2.22. The van der Waals surface area contributed by atoms with Crippen molar-refractivity contribution in [2.24, 2.45) is 0 Å².